The lowest BCUT2D eigenvalue weighted by molar-refractivity contribution is 0.489. The van der Waals surface area contributed by atoms with Gasteiger partial charge in [0, 0.05) is 12.2 Å². The molecule has 0 rings (SSSR count). The molecule has 0 heterocycles. The fourth-order valence-corrected chi connectivity index (χ4v) is 1.27. The van der Waals surface area contributed by atoms with Crippen LogP contribution < -0.4 is 0 Å². The van der Waals surface area contributed by atoms with Crippen LogP contribution in [0.2, 0.25) is 0 Å². The summed E-state index contributed by atoms with van der Waals surface area (Å²) in [6, 6.07) is 0. The van der Waals surface area contributed by atoms with Gasteiger partial charge in [0.2, 0.25) is 0 Å². The van der Waals surface area contributed by atoms with E-state index in [9.17, 15) is 4.39 Å². The predicted octanol–water partition coefficient (Wildman–Crippen LogP) is 2.49. The number of alkyl halides is 1. The van der Waals surface area contributed by atoms with Gasteiger partial charge in [-0.2, -0.15) is 11.8 Å². The Kier molecular flexibility index (Phi) is 8.70. The summed E-state index contributed by atoms with van der Waals surface area (Å²) in [4.78, 5) is 0. The minimum Gasteiger partial charge on any atom is -0.251 e. The van der Waals surface area contributed by atoms with Gasteiger partial charge in [-0.15, -0.1) is 11.8 Å². The van der Waals surface area contributed by atoms with Gasteiger partial charge in [-0.05, 0) is 19.1 Å². The zero-order valence-electron chi connectivity index (χ0n) is 6.32. The Labute approximate surface area is 66.6 Å². The number of halogens is 1. The third kappa shape index (κ3) is 7.84. The summed E-state index contributed by atoms with van der Waals surface area (Å²) < 4.78 is 11.5. The smallest absolute Gasteiger partial charge is 0.0902 e. The molecule has 0 N–H and O–H groups in total. The van der Waals surface area contributed by atoms with Crippen LogP contribution in [0, 0.1) is 11.8 Å². The number of hydrogen-bond donors (Lipinski definition) is 0. The summed E-state index contributed by atoms with van der Waals surface area (Å²) in [6.45, 7) is 1.65. The van der Waals surface area contributed by atoms with Crippen molar-refractivity contribution in [1.29, 1.82) is 0 Å². The van der Waals surface area contributed by atoms with Crippen molar-refractivity contribution >= 4 is 11.8 Å². The van der Waals surface area contributed by atoms with Gasteiger partial charge in [0.25, 0.3) is 0 Å². The first kappa shape index (κ1) is 9.84. The maximum absolute atomic E-state index is 11.5. The summed E-state index contributed by atoms with van der Waals surface area (Å²) in [6.07, 6.45) is 1.62. The normalized spacial score (nSPS) is 8.60. The molecule has 0 aliphatic heterocycles. The average molecular weight is 160 g/mol. The zero-order valence-corrected chi connectivity index (χ0v) is 7.14. The minimum absolute atomic E-state index is 0.188. The molecule has 0 aliphatic rings. The lowest BCUT2D eigenvalue weighted by Crippen LogP contribution is -1.83. The molecule has 0 spiro atoms. The average Bonchev–Trinajstić information content (AvgIpc) is 1.97. The SMILES string of the molecule is CC#CCCSCCCF. The molecule has 0 aromatic heterocycles. The maximum Gasteiger partial charge on any atom is 0.0902 e. The highest BCUT2D eigenvalue weighted by atomic mass is 32.2. The van der Waals surface area contributed by atoms with Crippen LogP contribution in [0.25, 0.3) is 0 Å². The molecule has 0 atom stereocenters. The van der Waals surface area contributed by atoms with E-state index in [2.05, 4.69) is 11.8 Å². The Hall–Kier alpha value is -0.160. The second-order valence-corrected chi connectivity index (χ2v) is 3.06. The Morgan fingerprint density at radius 3 is 2.80 bits per heavy atom. The van der Waals surface area contributed by atoms with Crippen LogP contribution in [-0.2, 0) is 0 Å². The quantitative estimate of drug-likeness (QED) is 0.440. The molecule has 0 aliphatic carbocycles. The van der Waals surface area contributed by atoms with E-state index in [-0.39, 0.29) is 6.67 Å². The van der Waals surface area contributed by atoms with E-state index in [0.717, 1.165) is 17.9 Å². The van der Waals surface area contributed by atoms with Gasteiger partial charge < -0.3 is 0 Å². The van der Waals surface area contributed by atoms with Crippen molar-refractivity contribution in [3.63, 3.8) is 0 Å². The summed E-state index contributed by atoms with van der Waals surface area (Å²) >= 11 is 1.78. The molecule has 0 aromatic rings. The van der Waals surface area contributed by atoms with Crippen molar-refractivity contribution in [2.24, 2.45) is 0 Å². The monoisotopic (exact) mass is 160 g/mol. The van der Waals surface area contributed by atoms with Crippen molar-refractivity contribution in [2.45, 2.75) is 19.8 Å². The fourth-order valence-electron chi connectivity index (χ4n) is 0.507. The van der Waals surface area contributed by atoms with E-state index in [0.29, 0.717) is 6.42 Å². The summed E-state index contributed by atoms with van der Waals surface area (Å²) in [5.41, 5.74) is 0. The highest BCUT2D eigenvalue weighted by Crippen LogP contribution is 2.03. The molecule has 0 aromatic carbocycles. The molecule has 0 unspecified atom stereocenters. The molecule has 58 valence electrons. The largest absolute Gasteiger partial charge is 0.251 e. The first-order valence-corrected chi connectivity index (χ1v) is 4.60. The Balaban J connectivity index is 2.82. The van der Waals surface area contributed by atoms with Crippen LogP contribution in [0.15, 0.2) is 0 Å². The lowest BCUT2D eigenvalue weighted by Gasteiger charge is -1.93. The molecule has 0 amide bonds. The van der Waals surface area contributed by atoms with Crippen molar-refractivity contribution in [1.82, 2.24) is 0 Å². The van der Waals surface area contributed by atoms with E-state index in [4.69, 9.17) is 0 Å². The van der Waals surface area contributed by atoms with Crippen LogP contribution in [0.4, 0.5) is 4.39 Å². The third-order valence-electron chi connectivity index (χ3n) is 0.970. The number of thioether (sulfide) groups is 1. The third-order valence-corrected chi connectivity index (χ3v) is 2.04. The first-order valence-electron chi connectivity index (χ1n) is 3.45. The highest BCUT2D eigenvalue weighted by Gasteiger charge is 1.86. The van der Waals surface area contributed by atoms with E-state index >= 15 is 0 Å². The van der Waals surface area contributed by atoms with Crippen LogP contribution in [0.5, 0.6) is 0 Å². The molecular weight excluding hydrogens is 147 g/mol. The van der Waals surface area contributed by atoms with Crippen LogP contribution >= 0.6 is 11.8 Å². The molecule has 2 heteroatoms. The Morgan fingerprint density at radius 2 is 2.20 bits per heavy atom. The fraction of sp³-hybridized carbons (Fsp3) is 0.750. The first-order chi connectivity index (χ1) is 4.91. The van der Waals surface area contributed by atoms with E-state index in [1.54, 1.807) is 11.8 Å². The highest BCUT2D eigenvalue weighted by molar-refractivity contribution is 7.99. The van der Waals surface area contributed by atoms with E-state index in [1.807, 2.05) is 6.92 Å². The van der Waals surface area contributed by atoms with Gasteiger partial charge in [-0.25, -0.2) is 0 Å². The standard InChI is InChI=1S/C8H13FS/c1-2-3-4-7-10-8-5-6-9/h4-8H2,1H3. The molecule has 0 fully saturated rings. The van der Waals surface area contributed by atoms with Gasteiger partial charge in [-0.1, -0.05) is 0 Å². The molecule has 10 heavy (non-hydrogen) atoms. The van der Waals surface area contributed by atoms with Crippen LogP contribution in [-0.4, -0.2) is 18.2 Å². The van der Waals surface area contributed by atoms with Crippen molar-refractivity contribution < 1.29 is 4.39 Å². The lowest BCUT2D eigenvalue weighted by atomic mass is 10.5. The van der Waals surface area contributed by atoms with Gasteiger partial charge in [0.05, 0.1) is 6.67 Å². The van der Waals surface area contributed by atoms with Crippen molar-refractivity contribution in [3.05, 3.63) is 0 Å². The van der Waals surface area contributed by atoms with Crippen molar-refractivity contribution in [2.75, 3.05) is 18.2 Å². The molecule has 0 radical (unpaired) electrons. The molecule has 0 bridgehead atoms. The summed E-state index contributed by atoms with van der Waals surface area (Å²) in [5, 5.41) is 0. The molecular formula is C8H13FS. The Morgan fingerprint density at radius 1 is 1.40 bits per heavy atom. The van der Waals surface area contributed by atoms with Crippen LogP contribution in [0.3, 0.4) is 0 Å². The number of rotatable bonds is 5. The summed E-state index contributed by atoms with van der Waals surface area (Å²) in [7, 11) is 0. The van der Waals surface area contributed by atoms with Gasteiger partial charge in [0.1, 0.15) is 0 Å². The Bertz CT molecular complexity index is 112. The predicted molar refractivity (Wildman–Crippen MR) is 46.0 cm³/mol. The topological polar surface area (TPSA) is 0 Å². The molecule has 0 saturated heterocycles. The van der Waals surface area contributed by atoms with Gasteiger partial charge in [-0.3, -0.25) is 4.39 Å². The second kappa shape index (κ2) is 8.84. The second-order valence-electron chi connectivity index (χ2n) is 1.83. The van der Waals surface area contributed by atoms with Gasteiger partial charge in [0.15, 0.2) is 0 Å². The minimum atomic E-state index is -0.188. The summed E-state index contributed by atoms with van der Waals surface area (Å²) in [5.74, 6) is 7.76. The van der Waals surface area contributed by atoms with E-state index < -0.39 is 0 Å². The number of hydrogen-bond acceptors (Lipinski definition) is 1. The molecule has 0 saturated carbocycles. The molecule has 0 nitrogen and oxygen atoms in total. The zero-order chi connectivity index (χ0) is 7.66. The van der Waals surface area contributed by atoms with E-state index in [1.165, 1.54) is 0 Å². The van der Waals surface area contributed by atoms with Crippen molar-refractivity contribution in [3.8, 4) is 11.8 Å². The maximum atomic E-state index is 11.5. The van der Waals surface area contributed by atoms with Gasteiger partial charge >= 0.3 is 0 Å². The van der Waals surface area contributed by atoms with Crippen LogP contribution in [0.1, 0.15) is 19.8 Å².